The second-order valence-corrected chi connectivity index (χ2v) is 8.24. The average molecular weight is 484 g/mol. The van der Waals surface area contributed by atoms with E-state index in [0.717, 1.165) is 11.1 Å². The third kappa shape index (κ3) is 4.22. The van der Waals surface area contributed by atoms with Gasteiger partial charge in [-0.1, -0.05) is 18.2 Å². The van der Waals surface area contributed by atoms with Crippen LogP contribution in [0.15, 0.2) is 84.1 Å². The van der Waals surface area contributed by atoms with Gasteiger partial charge in [-0.15, -0.1) is 5.10 Å². The van der Waals surface area contributed by atoms with Gasteiger partial charge in [0.05, 0.1) is 19.8 Å². The summed E-state index contributed by atoms with van der Waals surface area (Å²) in [4.78, 5) is 18.3. The smallest absolute Gasteiger partial charge is 0.255 e. The van der Waals surface area contributed by atoms with Crippen LogP contribution in [0.3, 0.4) is 0 Å². The number of carbonyl (C=O) groups is 1. The Morgan fingerprint density at radius 3 is 2.47 bits per heavy atom. The number of methoxy groups -OCH3 is 2. The third-order valence-corrected chi connectivity index (χ3v) is 5.99. The van der Waals surface area contributed by atoms with Crippen molar-refractivity contribution < 1.29 is 19.4 Å². The molecule has 1 aromatic heterocycles. The summed E-state index contributed by atoms with van der Waals surface area (Å²) in [5.41, 5.74) is 3.24. The summed E-state index contributed by atoms with van der Waals surface area (Å²) in [7, 11) is 3.16. The van der Waals surface area contributed by atoms with Crippen molar-refractivity contribution in [3.63, 3.8) is 0 Å². The van der Waals surface area contributed by atoms with Crippen LogP contribution in [0, 0.1) is 0 Å². The Labute approximate surface area is 208 Å². The zero-order valence-electron chi connectivity index (χ0n) is 20.0. The number of rotatable bonds is 6. The molecule has 0 bridgehead atoms. The standard InChI is InChI=1S/C27H25N5O4/c1-16-23(26(34)29-18-7-5-4-6-8-18)24(21-14-13-20(35-2)15-22(21)36-3)32-27(28-16)30-25(31-32)17-9-11-19(33)12-10-17/h4-15,24,33H,1-3H3,(H,29,34)(H,28,30,31). The predicted octanol–water partition coefficient (Wildman–Crippen LogP) is 4.60. The average Bonchev–Trinajstić information content (AvgIpc) is 3.32. The predicted molar refractivity (Wildman–Crippen MR) is 136 cm³/mol. The van der Waals surface area contributed by atoms with E-state index < -0.39 is 6.04 Å². The zero-order valence-corrected chi connectivity index (χ0v) is 20.0. The molecule has 0 aliphatic carbocycles. The van der Waals surface area contributed by atoms with E-state index in [-0.39, 0.29) is 11.7 Å². The second kappa shape index (κ2) is 9.46. The van der Waals surface area contributed by atoms with Crippen LogP contribution >= 0.6 is 0 Å². The van der Waals surface area contributed by atoms with Gasteiger partial charge in [-0.2, -0.15) is 4.98 Å². The Balaban J connectivity index is 1.65. The van der Waals surface area contributed by atoms with E-state index in [1.54, 1.807) is 49.2 Å². The van der Waals surface area contributed by atoms with Crippen LogP contribution in [0.25, 0.3) is 11.4 Å². The number of phenols is 1. The van der Waals surface area contributed by atoms with Crippen LogP contribution in [-0.4, -0.2) is 40.0 Å². The van der Waals surface area contributed by atoms with E-state index in [4.69, 9.17) is 14.6 Å². The fraction of sp³-hybridized carbons (Fsp3) is 0.148. The molecule has 1 aliphatic heterocycles. The molecule has 0 fully saturated rings. The molecule has 36 heavy (non-hydrogen) atoms. The molecule has 9 heteroatoms. The number of hydrogen-bond acceptors (Lipinski definition) is 7. The monoisotopic (exact) mass is 483 g/mol. The van der Waals surface area contributed by atoms with E-state index in [1.807, 2.05) is 49.4 Å². The third-order valence-electron chi connectivity index (χ3n) is 5.99. The maximum absolute atomic E-state index is 13.6. The number of aromatic hydroxyl groups is 1. The molecule has 9 nitrogen and oxygen atoms in total. The summed E-state index contributed by atoms with van der Waals surface area (Å²) >= 11 is 0. The topological polar surface area (TPSA) is 111 Å². The molecule has 1 amide bonds. The molecular formula is C27H25N5O4. The van der Waals surface area contributed by atoms with Crippen LogP contribution in [-0.2, 0) is 4.79 Å². The summed E-state index contributed by atoms with van der Waals surface area (Å²) in [6.45, 7) is 1.83. The van der Waals surface area contributed by atoms with Crippen molar-refractivity contribution in [2.45, 2.75) is 13.0 Å². The molecule has 3 aromatic carbocycles. The van der Waals surface area contributed by atoms with Crippen molar-refractivity contribution in [3.8, 4) is 28.6 Å². The lowest BCUT2D eigenvalue weighted by Gasteiger charge is -2.29. The lowest BCUT2D eigenvalue weighted by atomic mass is 9.94. The minimum atomic E-state index is -0.635. The van der Waals surface area contributed by atoms with Crippen LogP contribution in [0.4, 0.5) is 11.6 Å². The quantitative estimate of drug-likeness (QED) is 0.368. The maximum Gasteiger partial charge on any atom is 0.255 e. The Morgan fingerprint density at radius 2 is 1.78 bits per heavy atom. The fourth-order valence-electron chi connectivity index (χ4n) is 4.23. The second-order valence-electron chi connectivity index (χ2n) is 8.24. The number of para-hydroxylation sites is 1. The largest absolute Gasteiger partial charge is 0.508 e. The number of amides is 1. The van der Waals surface area contributed by atoms with Crippen molar-refractivity contribution >= 4 is 17.5 Å². The minimum absolute atomic E-state index is 0.152. The molecule has 0 saturated carbocycles. The Hall–Kier alpha value is -4.79. The van der Waals surface area contributed by atoms with E-state index in [2.05, 4.69) is 15.6 Å². The highest BCUT2D eigenvalue weighted by Gasteiger charge is 2.36. The number of nitrogens with one attached hydrogen (secondary N) is 2. The highest BCUT2D eigenvalue weighted by atomic mass is 16.5. The maximum atomic E-state index is 13.6. The first-order valence-corrected chi connectivity index (χ1v) is 11.3. The van der Waals surface area contributed by atoms with Gasteiger partial charge < -0.3 is 25.2 Å². The van der Waals surface area contributed by atoms with Gasteiger partial charge in [0.1, 0.15) is 23.3 Å². The minimum Gasteiger partial charge on any atom is -0.508 e. The van der Waals surface area contributed by atoms with Crippen molar-refractivity contribution in [1.82, 2.24) is 14.8 Å². The Kier molecular flexibility index (Phi) is 6.03. The molecular weight excluding hydrogens is 458 g/mol. The van der Waals surface area contributed by atoms with Crippen molar-refractivity contribution in [1.29, 1.82) is 0 Å². The molecule has 182 valence electrons. The number of benzene rings is 3. The molecule has 4 aromatic rings. The van der Waals surface area contributed by atoms with Crippen molar-refractivity contribution in [3.05, 3.63) is 89.6 Å². The van der Waals surface area contributed by atoms with E-state index in [1.165, 1.54) is 0 Å². The van der Waals surface area contributed by atoms with Gasteiger partial charge >= 0.3 is 0 Å². The number of aromatic nitrogens is 3. The molecule has 5 rings (SSSR count). The highest BCUT2D eigenvalue weighted by Crippen LogP contribution is 2.41. The van der Waals surface area contributed by atoms with Crippen molar-refractivity contribution in [2.24, 2.45) is 0 Å². The SMILES string of the molecule is COc1ccc(C2C(C(=O)Nc3ccccc3)=C(C)Nc3nc(-c4ccc(O)cc4)nn32)c(OC)c1. The number of ether oxygens (including phenoxy) is 2. The highest BCUT2D eigenvalue weighted by molar-refractivity contribution is 6.06. The summed E-state index contributed by atoms with van der Waals surface area (Å²) in [6, 6.07) is 20.7. The van der Waals surface area contributed by atoms with E-state index in [0.29, 0.717) is 40.2 Å². The Morgan fingerprint density at radius 1 is 1.03 bits per heavy atom. The van der Waals surface area contributed by atoms with Crippen molar-refractivity contribution in [2.75, 3.05) is 24.9 Å². The number of anilines is 2. The van der Waals surface area contributed by atoms with Gasteiger partial charge in [0.15, 0.2) is 5.82 Å². The van der Waals surface area contributed by atoms with E-state index in [9.17, 15) is 9.90 Å². The number of nitrogens with zero attached hydrogens (tertiary/aromatic N) is 3. The van der Waals surface area contributed by atoms with Crippen LogP contribution < -0.4 is 20.1 Å². The number of allylic oxidation sites excluding steroid dienone is 1. The summed E-state index contributed by atoms with van der Waals surface area (Å²) in [6.07, 6.45) is 0. The van der Waals surface area contributed by atoms with Gasteiger partial charge in [-0.3, -0.25) is 4.79 Å². The molecule has 0 radical (unpaired) electrons. The molecule has 0 spiro atoms. The Bertz CT molecular complexity index is 1450. The lowest BCUT2D eigenvalue weighted by Crippen LogP contribution is -2.31. The van der Waals surface area contributed by atoms with Crippen LogP contribution in [0.1, 0.15) is 18.5 Å². The van der Waals surface area contributed by atoms with Crippen LogP contribution in [0.2, 0.25) is 0 Å². The number of carbonyl (C=O) groups excluding carboxylic acids is 1. The first-order chi connectivity index (χ1) is 17.5. The normalized spacial score (nSPS) is 14.6. The fourth-order valence-corrected chi connectivity index (χ4v) is 4.23. The van der Waals surface area contributed by atoms with Gasteiger partial charge in [0, 0.05) is 28.6 Å². The van der Waals surface area contributed by atoms with Gasteiger partial charge in [0.25, 0.3) is 5.91 Å². The molecule has 1 atom stereocenters. The molecule has 1 aliphatic rings. The molecule has 0 saturated heterocycles. The van der Waals surface area contributed by atoms with Gasteiger partial charge in [-0.25, -0.2) is 4.68 Å². The molecule has 3 N–H and O–H groups in total. The van der Waals surface area contributed by atoms with E-state index >= 15 is 0 Å². The summed E-state index contributed by atoms with van der Waals surface area (Å²) in [5.74, 6) is 1.98. The van der Waals surface area contributed by atoms with Crippen LogP contribution in [0.5, 0.6) is 17.2 Å². The summed E-state index contributed by atoms with van der Waals surface area (Å²) in [5, 5.41) is 20.7. The number of phenolic OH excluding ortho intramolecular Hbond substituents is 1. The number of fused-ring (bicyclic) bond motifs is 1. The van der Waals surface area contributed by atoms with Gasteiger partial charge in [-0.05, 0) is 55.5 Å². The summed E-state index contributed by atoms with van der Waals surface area (Å²) < 4.78 is 12.8. The lowest BCUT2D eigenvalue weighted by molar-refractivity contribution is -0.113. The first kappa shape index (κ1) is 23.0. The molecule has 1 unspecified atom stereocenters. The van der Waals surface area contributed by atoms with Gasteiger partial charge in [0.2, 0.25) is 5.95 Å². The number of hydrogen-bond donors (Lipinski definition) is 3. The first-order valence-electron chi connectivity index (χ1n) is 11.3. The molecule has 2 heterocycles. The zero-order chi connectivity index (χ0) is 25.2.